The molecule has 2 aromatic rings. The number of phenolic OH excluding ortho intramolecular Hbond substituents is 2. The van der Waals surface area contributed by atoms with E-state index in [1.807, 2.05) is 13.8 Å². The van der Waals surface area contributed by atoms with Crippen LogP contribution in [0.5, 0.6) is 17.2 Å². The van der Waals surface area contributed by atoms with Gasteiger partial charge in [-0.3, -0.25) is 4.79 Å². The van der Waals surface area contributed by atoms with Crippen molar-refractivity contribution < 1.29 is 19.7 Å². The summed E-state index contributed by atoms with van der Waals surface area (Å²) in [6, 6.07) is 9.20. The van der Waals surface area contributed by atoms with Crippen LogP contribution in [0.3, 0.4) is 0 Å². The molecule has 4 nitrogen and oxygen atoms in total. The number of halogens is 1. The first-order chi connectivity index (χ1) is 10.6. The first-order valence-electron chi connectivity index (χ1n) is 7.04. The van der Waals surface area contributed by atoms with Crippen LogP contribution in [0.2, 0.25) is 5.02 Å². The number of aromatic hydroxyl groups is 2. The SMILES string of the molecule is CC.O=C1c2cc(Cl)c(O)cc2OCC1c1ccc(O)cc1. The zero-order valence-electron chi connectivity index (χ0n) is 12.3. The van der Waals surface area contributed by atoms with Crippen molar-refractivity contribution in [2.45, 2.75) is 19.8 Å². The van der Waals surface area contributed by atoms with E-state index in [-0.39, 0.29) is 28.9 Å². The van der Waals surface area contributed by atoms with Crippen molar-refractivity contribution in [2.24, 2.45) is 0 Å². The quantitative estimate of drug-likeness (QED) is 0.829. The van der Waals surface area contributed by atoms with Crippen LogP contribution in [0.1, 0.15) is 35.7 Å². The fraction of sp³-hybridized carbons (Fsp3) is 0.235. The summed E-state index contributed by atoms with van der Waals surface area (Å²) >= 11 is 5.83. The van der Waals surface area contributed by atoms with Gasteiger partial charge in [-0.05, 0) is 23.8 Å². The number of hydrogen-bond donors (Lipinski definition) is 2. The third-order valence-corrected chi connectivity index (χ3v) is 3.63. The van der Waals surface area contributed by atoms with E-state index in [1.54, 1.807) is 12.1 Å². The summed E-state index contributed by atoms with van der Waals surface area (Å²) in [7, 11) is 0. The van der Waals surface area contributed by atoms with E-state index in [1.165, 1.54) is 24.3 Å². The molecule has 2 aromatic carbocycles. The van der Waals surface area contributed by atoms with Gasteiger partial charge in [-0.25, -0.2) is 0 Å². The Morgan fingerprint density at radius 3 is 2.41 bits per heavy atom. The van der Waals surface area contributed by atoms with Gasteiger partial charge in [0, 0.05) is 6.07 Å². The molecule has 0 aromatic heterocycles. The molecule has 0 saturated heterocycles. The van der Waals surface area contributed by atoms with Gasteiger partial charge in [0.1, 0.15) is 23.9 Å². The molecule has 0 amide bonds. The maximum atomic E-state index is 12.5. The third kappa shape index (κ3) is 3.02. The molecule has 3 rings (SSSR count). The van der Waals surface area contributed by atoms with Crippen molar-refractivity contribution in [3.63, 3.8) is 0 Å². The number of carbonyl (C=O) groups is 1. The lowest BCUT2D eigenvalue weighted by Crippen LogP contribution is -2.26. The minimum absolute atomic E-state index is 0.110. The van der Waals surface area contributed by atoms with Crippen LogP contribution in [0.15, 0.2) is 36.4 Å². The Morgan fingerprint density at radius 2 is 1.77 bits per heavy atom. The van der Waals surface area contributed by atoms with Crippen molar-refractivity contribution in [1.29, 1.82) is 0 Å². The Kier molecular flexibility index (Phi) is 4.93. The molecular weight excluding hydrogens is 304 g/mol. The minimum Gasteiger partial charge on any atom is -0.508 e. The molecule has 0 radical (unpaired) electrons. The molecule has 1 unspecified atom stereocenters. The molecule has 2 N–H and O–H groups in total. The van der Waals surface area contributed by atoms with Gasteiger partial charge in [0.2, 0.25) is 0 Å². The standard InChI is InChI=1S/C15H11ClO4.C2H6/c16-12-5-10-14(6-13(12)18)20-7-11(15(10)19)8-1-3-9(17)4-2-8;1-2/h1-6,11,17-18H,7H2;1-2H3. The minimum atomic E-state index is -0.441. The number of Topliss-reactive ketones (excluding diaryl/α,β-unsaturated/α-hetero) is 1. The summed E-state index contributed by atoms with van der Waals surface area (Å²) in [4.78, 5) is 12.5. The highest BCUT2D eigenvalue weighted by atomic mass is 35.5. The van der Waals surface area contributed by atoms with Gasteiger partial charge in [0.25, 0.3) is 0 Å². The number of ketones is 1. The number of benzene rings is 2. The number of rotatable bonds is 1. The van der Waals surface area contributed by atoms with E-state index >= 15 is 0 Å². The highest BCUT2D eigenvalue weighted by Gasteiger charge is 2.31. The second-order valence-electron chi connectivity index (χ2n) is 4.62. The van der Waals surface area contributed by atoms with Gasteiger partial charge in [0.05, 0.1) is 16.5 Å². The van der Waals surface area contributed by atoms with E-state index in [0.29, 0.717) is 11.3 Å². The fourth-order valence-electron chi connectivity index (χ4n) is 2.25. The number of phenols is 2. The Morgan fingerprint density at radius 1 is 1.14 bits per heavy atom. The van der Waals surface area contributed by atoms with Gasteiger partial charge in [0.15, 0.2) is 5.78 Å². The monoisotopic (exact) mass is 320 g/mol. The topological polar surface area (TPSA) is 66.8 Å². The van der Waals surface area contributed by atoms with Crippen molar-refractivity contribution in [3.8, 4) is 17.2 Å². The van der Waals surface area contributed by atoms with Crippen LogP contribution in [-0.4, -0.2) is 22.6 Å². The maximum absolute atomic E-state index is 12.5. The van der Waals surface area contributed by atoms with Crippen molar-refractivity contribution in [1.82, 2.24) is 0 Å². The summed E-state index contributed by atoms with van der Waals surface area (Å²) in [5.41, 5.74) is 1.12. The molecule has 1 aliphatic heterocycles. The molecule has 5 heteroatoms. The Bertz CT molecular complexity index is 680. The van der Waals surface area contributed by atoms with E-state index in [4.69, 9.17) is 16.3 Å². The molecule has 0 saturated carbocycles. The smallest absolute Gasteiger partial charge is 0.177 e. The zero-order valence-corrected chi connectivity index (χ0v) is 13.1. The molecule has 1 aliphatic rings. The predicted molar refractivity (Wildman–Crippen MR) is 85.1 cm³/mol. The normalized spacial score (nSPS) is 16.1. The van der Waals surface area contributed by atoms with Crippen molar-refractivity contribution in [2.75, 3.05) is 6.61 Å². The lowest BCUT2D eigenvalue weighted by molar-refractivity contribution is 0.0896. The van der Waals surface area contributed by atoms with Crippen LogP contribution in [0.25, 0.3) is 0 Å². The van der Waals surface area contributed by atoms with Crippen LogP contribution >= 0.6 is 11.6 Å². The van der Waals surface area contributed by atoms with Gasteiger partial charge in [-0.15, -0.1) is 0 Å². The van der Waals surface area contributed by atoms with Gasteiger partial charge in [-0.2, -0.15) is 0 Å². The molecule has 0 bridgehead atoms. The molecule has 22 heavy (non-hydrogen) atoms. The average molecular weight is 321 g/mol. The maximum Gasteiger partial charge on any atom is 0.177 e. The summed E-state index contributed by atoms with van der Waals surface area (Å²) in [6.45, 7) is 4.19. The van der Waals surface area contributed by atoms with Gasteiger partial charge >= 0.3 is 0 Å². The highest BCUT2D eigenvalue weighted by molar-refractivity contribution is 6.32. The third-order valence-electron chi connectivity index (χ3n) is 3.33. The molecule has 1 heterocycles. The Labute approximate surface area is 133 Å². The number of carbonyl (C=O) groups excluding carboxylic acids is 1. The van der Waals surface area contributed by atoms with E-state index in [9.17, 15) is 15.0 Å². The van der Waals surface area contributed by atoms with Crippen LogP contribution in [0, 0.1) is 0 Å². The largest absolute Gasteiger partial charge is 0.508 e. The van der Waals surface area contributed by atoms with Crippen LogP contribution in [-0.2, 0) is 0 Å². The van der Waals surface area contributed by atoms with E-state index < -0.39 is 5.92 Å². The van der Waals surface area contributed by atoms with E-state index in [0.717, 1.165) is 5.56 Å². The average Bonchev–Trinajstić information content (AvgIpc) is 2.53. The van der Waals surface area contributed by atoms with Gasteiger partial charge < -0.3 is 14.9 Å². The summed E-state index contributed by atoms with van der Waals surface area (Å²) < 4.78 is 5.52. The zero-order chi connectivity index (χ0) is 16.3. The van der Waals surface area contributed by atoms with Crippen molar-refractivity contribution >= 4 is 17.4 Å². The lowest BCUT2D eigenvalue weighted by atomic mass is 9.89. The number of hydrogen-bond acceptors (Lipinski definition) is 4. The summed E-state index contributed by atoms with van der Waals surface area (Å²) in [5, 5.41) is 18.9. The predicted octanol–water partition coefficient (Wildman–Crippen LogP) is 4.14. The second kappa shape index (κ2) is 6.71. The molecule has 0 spiro atoms. The first-order valence-corrected chi connectivity index (χ1v) is 7.42. The Balaban J connectivity index is 0.000000847. The summed E-state index contributed by atoms with van der Waals surface area (Å²) in [6.07, 6.45) is 0. The molecule has 1 atom stereocenters. The molecular formula is C17H17ClO4. The van der Waals surface area contributed by atoms with Crippen molar-refractivity contribution in [3.05, 3.63) is 52.5 Å². The highest BCUT2D eigenvalue weighted by Crippen LogP contribution is 2.38. The second-order valence-corrected chi connectivity index (χ2v) is 5.03. The fourth-order valence-corrected chi connectivity index (χ4v) is 2.41. The summed E-state index contributed by atoms with van der Waals surface area (Å²) in [5.74, 6) is -0.179. The van der Waals surface area contributed by atoms with E-state index in [2.05, 4.69) is 0 Å². The lowest BCUT2D eigenvalue weighted by Gasteiger charge is -2.24. The number of fused-ring (bicyclic) bond motifs is 1. The number of ether oxygens (including phenoxy) is 1. The van der Waals surface area contributed by atoms with Gasteiger partial charge in [-0.1, -0.05) is 37.6 Å². The molecule has 116 valence electrons. The molecule has 0 aliphatic carbocycles. The Hall–Kier alpha value is -2.20. The molecule has 0 fully saturated rings. The van der Waals surface area contributed by atoms with Crippen LogP contribution in [0.4, 0.5) is 0 Å². The van der Waals surface area contributed by atoms with Crippen LogP contribution < -0.4 is 4.74 Å². The first kappa shape index (κ1) is 16.2.